The quantitative estimate of drug-likeness (QED) is 0.571. The van der Waals surface area contributed by atoms with Crippen LogP contribution < -0.4 is 0 Å². The zero-order chi connectivity index (χ0) is 12.1. The van der Waals surface area contributed by atoms with Gasteiger partial charge in [0.15, 0.2) is 0 Å². The summed E-state index contributed by atoms with van der Waals surface area (Å²) in [5.41, 5.74) is -0.0156. The van der Waals surface area contributed by atoms with Crippen LogP contribution in [0.2, 0.25) is 0 Å². The molecule has 0 spiro atoms. The lowest BCUT2D eigenvalue weighted by molar-refractivity contribution is -0.118. The lowest BCUT2D eigenvalue weighted by Crippen LogP contribution is -2.44. The monoisotopic (exact) mass is 255 g/mol. The molecule has 0 radical (unpaired) electrons. The molecule has 2 fully saturated rings. The van der Waals surface area contributed by atoms with Crippen molar-refractivity contribution in [3.8, 4) is 0 Å². The van der Waals surface area contributed by atoms with Crippen LogP contribution in [0.1, 0.15) is 45.4 Å². The van der Waals surface area contributed by atoms with Gasteiger partial charge in [-0.1, -0.05) is 32.6 Å². The summed E-state index contributed by atoms with van der Waals surface area (Å²) in [5, 5.41) is 0.734. The van der Waals surface area contributed by atoms with Crippen molar-refractivity contribution in [2.45, 2.75) is 50.7 Å². The first kappa shape index (κ1) is 13.4. The van der Waals surface area contributed by atoms with Gasteiger partial charge in [0.25, 0.3) is 0 Å². The molecule has 3 heteroatoms. The van der Waals surface area contributed by atoms with Gasteiger partial charge in [-0.3, -0.25) is 0 Å². The van der Waals surface area contributed by atoms with Gasteiger partial charge in [-0.25, -0.2) is 0 Å². The van der Waals surface area contributed by atoms with Crippen molar-refractivity contribution in [3.63, 3.8) is 0 Å². The Hall–Kier alpha value is -0.0200. The van der Waals surface area contributed by atoms with E-state index < -0.39 is 0 Å². The van der Waals surface area contributed by atoms with Crippen molar-refractivity contribution in [1.29, 1.82) is 0 Å². The second-order valence-electron chi connectivity index (χ2n) is 5.81. The van der Waals surface area contributed by atoms with Crippen molar-refractivity contribution in [2.24, 2.45) is 5.41 Å². The highest BCUT2D eigenvalue weighted by atomic mass is 32.2. The lowest BCUT2D eigenvalue weighted by Gasteiger charge is -2.37. The summed E-state index contributed by atoms with van der Waals surface area (Å²) < 4.78 is 0. The fourth-order valence-corrected chi connectivity index (χ4v) is 4.31. The molecule has 1 saturated heterocycles. The summed E-state index contributed by atoms with van der Waals surface area (Å²) in [6.45, 7) is 5.66. The first-order valence-corrected chi connectivity index (χ1v) is 8.09. The molecule has 0 amide bonds. The van der Waals surface area contributed by atoms with Gasteiger partial charge in [-0.05, 0) is 12.8 Å². The van der Waals surface area contributed by atoms with Crippen LogP contribution in [-0.4, -0.2) is 41.8 Å². The maximum Gasteiger partial charge on any atom is 0.127 e. The van der Waals surface area contributed by atoms with Gasteiger partial charge in [0, 0.05) is 36.1 Å². The molecular weight excluding hydrogens is 230 g/mol. The molecule has 0 bridgehead atoms. The normalized spacial score (nSPS) is 30.8. The summed E-state index contributed by atoms with van der Waals surface area (Å²) >= 11 is 2.06. The Balaban J connectivity index is 1.94. The summed E-state index contributed by atoms with van der Waals surface area (Å²) in [5.74, 6) is 1.23. The maximum atomic E-state index is 11.6. The number of thioether (sulfide) groups is 1. The number of carbonyl (C=O) groups excluding carboxylic acids is 1. The Morgan fingerprint density at radius 2 is 2.00 bits per heavy atom. The zero-order valence-electron chi connectivity index (χ0n) is 11.0. The van der Waals surface area contributed by atoms with Crippen molar-refractivity contribution in [1.82, 2.24) is 4.90 Å². The molecule has 0 aromatic heterocycles. The second kappa shape index (κ2) is 6.24. The van der Waals surface area contributed by atoms with Gasteiger partial charge in [0.2, 0.25) is 0 Å². The summed E-state index contributed by atoms with van der Waals surface area (Å²) in [4.78, 5) is 14.1. The van der Waals surface area contributed by atoms with Gasteiger partial charge in [0.1, 0.15) is 6.29 Å². The standard InChI is InChI=1S/C14H25NOS/c1-13-10-15(8-9-17-13)11-14(12-16)6-4-2-3-5-7-14/h12-13H,2-11H2,1H3. The third kappa shape index (κ3) is 3.72. The van der Waals surface area contributed by atoms with Crippen LogP contribution in [0.25, 0.3) is 0 Å². The zero-order valence-corrected chi connectivity index (χ0v) is 11.8. The minimum atomic E-state index is -0.0156. The molecule has 2 aliphatic rings. The highest BCUT2D eigenvalue weighted by molar-refractivity contribution is 7.99. The third-order valence-corrected chi connectivity index (χ3v) is 5.35. The van der Waals surface area contributed by atoms with Crippen molar-refractivity contribution in [2.75, 3.05) is 25.4 Å². The van der Waals surface area contributed by atoms with Gasteiger partial charge in [0.05, 0.1) is 0 Å². The molecule has 1 atom stereocenters. The van der Waals surface area contributed by atoms with E-state index in [0.717, 1.165) is 24.6 Å². The summed E-state index contributed by atoms with van der Waals surface area (Å²) in [6.07, 6.45) is 8.66. The van der Waals surface area contributed by atoms with Crippen molar-refractivity contribution >= 4 is 18.0 Å². The average Bonchev–Trinajstić information content (AvgIpc) is 2.55. The fraction of sp³-hybridized carbons (Fsp3) is 0.929. The fourth-order valence-electron chi connectivity index (χ4n) is 3.23. The van der Waals surface area contributed by atoms with Crippen LogP contribution in [0.15, 0.2) is 0 Å². The van der Waals surface area contributed by atoms with E-state index in [1.807, 2.05) is 0 Å². The summed E-state index contributed by atoms with van der Waals surface area (Å²) in [7, 11) is 0. The van der Waals surface area contributed by atoms with Crippen LogP contribution in [0.4, 0.5) is 0 Å². The average molecular weight is 255 g/mol. The number of hydrogen-bond donors (Lipinski definition) is 0. The number of aldehydes is 1. The number of hydrogen-bond acceptors (Lipinski definition) is 3. The highest BCUT2D eigenvalue weighted by Gasteiger charge is 2.33. The molecule has 1 saturated carbocycles. The maximum absolute atomic E-state index is 11.6. The minimum Gasteiger partial charge on any atom is -0.303 e. The molecule has 0 aromatic carbocycles. The molecule has 0 aromatic rings. The predicted molar refractivity (Wildman–Crippen MR) is 74.6 cm³/mol. The molecule has 1 aliphatic carbocycles. The SMILES string of the molecule is CC1CN(CC2(C=O)CCCCCC2)CCS1. The molecule has 0 N–H and O–H groups in total. The number of nitrogens with zero attached hydrogens (tertiary/aromatic N) is 1. The smallest absolute Gasteiger partial charge is 0.127 e. The Labute approximate surface area is 110 Å². The van der Waals surface area contributed by atoms with E-state index in [1.165, 1.54) is 50.8 Å². The van der Waals surface area contributed by atoms with Gasteiger partial charge in [-0.15, -0.1) is 0 Å². The van der Waals surface area contributed by atoms with Crippen molar-refractivity contribution in [3.05, 3.63) is 0 Å². The van der Waals surface area contributed by atoms with Crippen LogP contribution in [0, 0.1) is 5.41 Å². The first-order chi connectivity index (χ1) is 8.24. The van der Waals surface area contributed by atoms with Gasteiger partial charge >= 0.3 is 0 Å². The van der Waals surface area contributed by atoms with Crippen molar-refractivity contribution < 1.29 is 4.79 Å². The van der Waals surface area contributed by atoms with E-state index in [4.69, 9.17) is 0 Å². The van der Waals surface area contributed by atoms with E-state index in [-0.39, 0.29) is 5.41 Å². The predicted octanol–water partition coefficient (Wildman–Crippen LogP) is 2.96. The molecule has 17 heavy (non-hydrogen) atoms. The number of rotatable bonds is 3. The van der Waals surface area contributed by atoms with Crippen LogP contribution in [0.5, 0.6) is 0 Å². The van der Waals surface area contributed by atoms with Gasteiger partial charge in [-0.2, -0.15) is 11.8 Å². The van der Waals surface area contributed by atoms with Crippen LogP contribution in [0.3, 0.4) is 0 Å². The van der Waals surface area contributed by atoms with Crippen LogP contribution in [-0.2, 0) is 4.79 Å². The Kier molecular flexibility index (Phi) is 4.92. The molecule has 1 heterocycles. The summed E-state index contributed by atoms with van der Waals surface area (Å²) in [6, 6.07) is 0. The van der Waals surface area contributed by atoms with Gasteiger partial charge < -0.3 is 9.69 Å². The molecule has 1 unspecified atom stereocenters. The largest absolute Gasteiger partial charge is 0.303 e. The van der Waals surface area contributed by atoms with E-state index >= 15 is 0 Å². The third-order valence-electron chi connectivity index (χ3n) is 4.21. The molecule has 98 valence electrons. The van der Waals surface area contributed by atoms with E-state index in [9.17, 15) is 4.79 Å². The van der Waals surface area contributed by atoms with E-state index in [2.05, 4.69) is 23.6 Å². The van der Waals surface area contributed by atoms with E-state index in [0.29, 0.717) is 0 Å². The van der Waals surface area contributed by atoms with Crippen LogP contribution >= 0.6 is 11.8 Å². The molecule has 2 rings (SSSR count). The minimum absolute atomic E-state index is 0.0156. The Morgan fingerprint density at radius 3 is 2.59 bits per heavy atom. The number of carbonyl (C=O) groups is 1. The second-order valence-corrected chi connectivity index (χ2v) is 7.36. The lowest BCUT2D eigenvalue weighted by atomic mass is 9.81. The molecular formula is C14H25NOS. The van der Waals surface area contributed by atoms with E-state index in [1.54, 1.807) is 0 Å². The first-order valence-electron chi connectivity index (χ1n) is 7.04. The molecule has 2 nitrogen and oxygen atoms in total. The molecule has 1 aliphatic heterocycles. The highest BCUT2D eigenvalue weighted by Crippen LogP contribution is 2.35. The topological polar surface area (TPSA) is 20.3 Å². The Bertz CT molecular complexity index is 249. The Morgan fingerprint density at radius 1 is 1.29 bits per heavy atom.